The summed E-state index contributed by atoms with van der Waals surface area (Å²) in [5, 5.41) is 15.0. The second-order valence-electron chi connectivity index (χ2n) is 5.13. The van der Waals surface area contributed by atoms with E-state index in [0.29, 0.717) is 18.9 Å². The lowest BCUT2D eigenvalue weighted by Crippen LogP contribution is -2.41. The molecule has 1 heterocycles. The normalized spacial score (nSPS) is 21.2. The van der Waals surface area contributed by atoms with E-state index in [4.69, 9.17) is 9.84 Å². The van der Waals surface area contributed by atoms with Crippen LogP contribution in [0.1, 0.15) is 22.8 Å². The first-order chi connectivity index (χ1) is 10.0. The number of aromatic carboxylic acids is 1. The first-order valence-corrected chi connectivity index (χ1v) is 6.99. The predicted octanol–water partition coefficient (Wildman–Crippen LogP) is 1.26. The summed E-state index contributed by atoms with van der Waals surface area (Å²) in [4.78, 5) is 23.2. The Balaban J connectivity index is 2.07. The smallest absolute Gasteiger partial charge is 0.335 e. The van der Waals surface area contributed by atoms with Crippen molar-refractivity contribution < 1.29 is 19.4 Å². The highest BCUT2D eigenvalue weighted by Gasteiger charge is 2.33. The standard InChI is InChI=1S/C15H20N2O4/c1-3-16-13-8-21-7-11(13)14(18)17-12-5-4-10(15(19)20)6-9(12)2/h4-6,11,13,16H,3,7-8H2,1-2H3,(H,17,18)(H,19,20). The minimum atomic E-state index is -0.979. The number of aryl methyl sites for hydroxylation is 1. The summed E-state index contributed by atoms with van der Waals surface area (Å²) in [5.74, 6) is -1.32. The summed E-state index contributed by atoms with van der Waals surface area (Å²) < 4.78 is 5.36. The summed E-state index contributed by atoms with van der Waals surface area (Å²) in [6.45, 7) is 5.47. The molecule has 21 heavy (non-hydrogen) atoms. The number of ether oxygens (including phenoxy) is 1. The van der Waals surface area contributed by atoms with Crippen LogP contribution in [0, 0.1) is 12.8 Å². The fraction of sp³-hybridized carbons (Fsp3) is 0.467. The molecule has 6 heteroatoms. The molecule has 0 saturated carbocycles. The Labute approximate surface area is 123 Å². The monoisotopic (exact) mass is 292 g/mol. The van der Waals surface area contributed by atoms with Gasteiger partial charge >= 0.3 is 5.97 Å². The van der Waals surface area contributed by atoms with Gasteiger partial charge in [-0.1, -0.05) is 6.92 Å². The van der Waals surface area contributed by atoms with E-state index < -0.39 is 5.97 Å². The van der Waals surface area contributed by atoms with Crippen LogP contribution in [0.4, 0.5) is 5.69 Å². The highest BCUT2D eigenvalue weighted by Crippen LogP contribution is 2.20. The number of amides is 1. The molecule has 2 unspecified atom stereocenters. The first-order valence-electron chi connectivity index (χ1n) is 6.99. The SMILES string of the molecule is CCNC1COCC1C(=O)Nc1ccc(C(=O)O)cc1C. The van der Waals surface area contributed by atoms with Gasteiger partial charge in [0.25, 0.3) is 0 Å². The molecule has 1 aliphatic heterocycles. The summed E-state index contributed by atoms with van der Waals surface area (Å²) >= 11 is 0. The van der Waals surface area contributed by atoms with E-state index in [0.717, 1.165) is 12.1 Å². The zero-order chi connectivity index (χ0) is 15.4. The molecule has 0 aromatic heterocycles. The molecule has 1 aromatic carbocycles. The quantitative estimate of drug-likeness (QED) is 0.760. The number of rotatable bonds is 5. The van der Waals surface area contributed by atoms with Crippen LogP contribution in [0.25, 0.3) is 0 Å². The van der Waals surface area contributed by atoms with Crippen molar-refractivity contribution >= 4 is 17.6 Å². The van der Waals surface area contributed by atoms with Crippen LogP contribution < -0.4 is 10.6 Å². The van der Waals surface area contributed by atoms with Gasteiger partial charge in [0.1, 0.15) is 0 Å². The number of hydrogen-bond donors (Lipinski definition) is 3. The molecule has 0 radical (unpaired) electrons. The van der Waals surface area contributed by atoms with Gasteiger partial charge in [-0.2, -0.15) is 0 Å². The Morgan fingerprint density at radius 2 is 2.14 bits per heavy atom. The number of carbonyl (C=O) groups excluding carboxylic acids is 1. The minimum absolute atomic E-state index is 0.0219. The molecule has 1 aromatic rings. The van der Waals surface area contributed by atoms with Gasteiger partial charge in [-0.3, -0.25) is 4.79 Å². The Hall–Kier alpha value is -1.92. The van der Waals surface area contributed by atoms with Crippen molar-refractivity contribution in [1.82, 2.24) is 5.32 Å². The second-order valence-corrected chi connectivity index (χ2v) is 5.13. The zero-order valence-corrected chi connectivity index (χ0v) is 12.2. The molecular weight excluding hydrogens is 272 g/mol. The number of benzene rings is 1. The average molecular weight is 292 g/mol. The highest BCUT2D eigenvalue weighted by atomic mass is 16.5. The molecule has 2 atom stereocenters. The Morgan fingerprint density at radius 1 is 1.38 bits per heavy atom. The molecule has 1 fully saturated rings. The number of carboxylic acid groups (broad SMARTS) is 1. The lowest BCUT2D eigenvalue weighted by Gasteiger charge is -2.18. The van der Waals surface area contributed by atoms with Gasteiger partial charge in [0.05, 0.1) is 24.7 Å². The number of anilines is 1. The van der Waals surface area contributed by atoms with E-state index >= 15 is 0 Å². The third kappa shape index (κ3) is 3.59. The van der Waals surface area contributed by atoms with Crippen LogP contribution >= 0.6 is 0 Å². The van der Waals surface area contributed by atoms with Gasteiger partial charge in [-0.05, 0) is 37.2 Å². The van der Waals surface area contributed by atoms with Crippen molar-refractivity contribution in [2.45, 2.75) is 19.9 Å². The van der Waals surface area contributed by atoms with Crippen molar-refractivity contribution in [3.05, 3.63) is 29.3 Å². The summed E-state index contributed by atoms with van der Waals surface area (Å²) in [7, 11) is 0. The lowest BCUT2D eigenvalue weighted by molar-refractivity contribution is -0.120. The topological polar surface area (TPSA) is 87.7 Å². The lowest BCUT2D eigenvalue weighted by atomic mass is 10.0. The first kappa shape index (κ1) is 15.5. The molecule has 3 N–H and O–H groups in total. The third-order valence-electron chi connectivity index (χ3n) is 3.61. The van der Waals surface area contributed by atoms with Crippen molar-refractivity contribution in [3.8, 4) is 0 Å². The molecule has 1 aliphatic rings. The van der Waals surface area contributed by atoms with Gasteiger partial charge < -0.3 is 20.5 Å². The third-order valence-corrected chi connectivity index (χ3v) is 3.61. The Bertz CT molecular complexity index is 544. The van der Waals surface area contributed by atoms with Gasteiger partial charge in [0, 0.05) is 11.7 Å². The van der Waals surface area contributed by atoms with Crippen LogP contribution in [0.15, 0.2) is 18.2 Å². The predicted molar refractivity (Wildman–Crippen MR) is 78.5 cm³/mol. The van der Waals surface area contributed by atoms with E-state index in [-0.39, 0.29) is 23.4 Å². The van der Waals surface area contributed by atoms with Gasteiger partial charge in [-0.25, -0.2) is 4.79 Å². The molecule has 6 nitrogen and oxygen atoms in total. The number of carbonyl (C=O) groups is 2. The Kier molecular flexibility index (Phi) is 4.93. The number of likely N-dealkylation sites (N-methyl/N-ethyl adjacent to an activating group) is 1. The highest BCUT2D eigenvalue weighted by molar-refractivity contribution is 5.95. The fourth-order valence-corrected chi connectivity index (χ4v) is 2.44. The maximum absolute atomic E-state index is 12.3. The van der Waals surface area contributed by atoms with Crippen molar-refractivity contribution in [3.63, 3.8) is 0 Å². The van der Waals surface area contributed by atoms with E-state index in [1.807, 2.05) is 6.92 Å². The van der Waals surface area contributed by atoms with Gasteiger partial charge in [0.2, 0.25) is 5.91 Å². The second kappa shape index (κ2) is 6.69. The van der Waals surface area contributed by atoms with Crippen LogP contribution in [0.2, 0.25) is 0 Å². The van der Waals surface area contributed by atoms with Crippen LogP contribution in [-0.2, 0) is 9.53 Å². The molecule has 0 bridgehead atoms. The molecule has 0 aliphatic carbocycles. The van der Waals surface area contributed by atoms with Crippen LogP contribution in [-0.4, -0.2) is 42.8 Å². The average Bonchev–Trinajstić information content (AvgIpc) is 2.89. The van der Waals surface area contributed by atoms with Crippen molar-refractivity contribution in [2.24, 2.45) is 5.92 Å². The number of nitrogens with one attached hydrogen (secondary N) is 2. The zero-order valence-electron chi connectivity index (χ0n) is 12.2. The number of hydrogen-bond acceptors (Lipinski definition) is 4. The van der Waals surface area contributed by atoms with Gasteiger partial charge in [-0.15, -0.1) is 0 Å². The molecule has 0 spiro atoms. The van der Waals surface area contributed by atoms with Gasteiger partial charge in [0.15, 0.2) is 0 Å². The van der Waals surface area contributed by atoms with E-state index in [9.17, 15) is 9.59 Å². The molecule has 1 saturated heterocycles. The molecule has 1 amide bonds. The fourth-order valence-electron chi connectivity index (χ4n) is 2.44. The number of carboxylic acids is 1. The molecule has 2 rings (SSSR count). The van der Waals surface area contributed by atoms with E-state index in [1.54, 1.807) is 19.1 Å². The van der Waals surface area contributed by atoms with E-state index in [2.05, 4.69) is 10.6 Å². The molecular formula is C15H20N2O4. The maximum Gasteiger partial charge on any atom is 0.335 e. The summed E-state index contributed by atoms with van der Waals surface area (Å²) in [5.41, 5.74) is 1.56. The largest absolute Gasteiger partial charge is 0.478 e. The van der Waals surface area contributed by atoms with Crippen molar-refractivity contribution in [2.75, 3.05) is 25.1 Å². The van der Waals surface area contributed by atoms with E-state index in [1.165, 1.54) is 6.07 Å². The summed E-state index contributed by atoms with van der Waals surface area (Å²) in [6, 6.07) is 4.67. The minimum Gasteiger partial charge on any atom is -0.478 e. The van der Waals surface area contributed by atoms with Crippen LogP contribution in [0.3, 0.4) is 0 Å². The van der Waals surface area contributed by atoms with Crippen molar-refractivity contribution in [1.29, 1.82) is 0 Å². The maximum atomic E-state index is 12.3. The van der Waals surface area contributed by atoms with Crippen LogP contribution in [0.5, 0.6) is 0 Å². The molecule has 114 valence electrons. The summed E-state index contributed by atoms with van der Waals surface area (Å²) in [6.07, 6.45) is 0. The Morgan fingerprint density at radius 3 is 2.76 bits per heavy atom.